The average molecular weight is 414 g/mol. The smallest absolute Gasteiger partial charge is 0.251 e. The van der Waals surface area contributed by atoms with Crippen molar-refractivity contribution in [2.45, 2.75) is 76.0 Å². The van der Waals surface area contributed by atoms with Crippen LogP contribution < -0.4 is 5.73 Å². The first kappa shape index (κ1) is 21.3. The van der Waals surface area contributed by atoms with Crippen LogP contribution in [0.15, 0.2) is 24.3 Å². The molecule has 2 aliphatic heterocycles. The summed E-state index contributed by atoms with van der Waals surface area (Å²) >= 11 is 0. The van der Waals surface area contributed by atoms with E-state index in [2.05, 4.69) is 11.0 Å². The Hall–Kier alpha value is -1.92. The second-order valence-corrected chi connectivity index (χ2v) is 9.54. The van der Waals surface area contributed by atoms with E-state index in [9.17, 15) is 14.7 Å². The third-order valence-electron chi connectivity index (χ3n) is 7.53. The number of nitrogens with two attached hydrogens (primary N) is 1. The van der Waals surface area contributed by atoms with E-state index in [4.69, 9.17) is 5.73 Å². The van der Waals surface area contributed by atoms with Crippen LogP contribution in [-0.4, -0.2) is 64.5 Å². The fourth-order valence-corrected chi connectivity index (χ4v) is 5.64. The van der Waals surface area contributed by atoms with Crippen LogP contribution in [0.4, 0.5) is 0 Å². The van der Waals surface area contributed by atoms with Gasteiger partial charge in [0.25, 0.3) is 5.91 Å². The molecule has 164 valence electrons. The Morgan fingerprint density at radius 1 is 1.20 bits per heavy atom. The maximum atomic E-state index is 12.5. The molecule has 2 saturated heterocycles. The van der Waals surface area contributed by atoms with Crippen LogP contribution in [0.3, 0.4) is 0 Å². The van der Waals surface area contributed by atoms with Crippen molar-refractivity contribution in [1.29, 1.82) is 0 Å². The third-order valence-corrected chi connectivity index (χ3v) is 7.53. The monoisotopic (exact) mass is 413 g/mol. The molecule has 1 aromatic rings. The highest BCUT2D eigenvalue weighted by molar-refractivity contribution is 5.92. The number of nitrogens with zero attached hydrogens (tertiary/aromatic N) is 2. The average Bonchev–Trinajstić information content (AvgIpc) is 2.93. The van der Waals surface area contributed by atoms with E-state index in [-0.39, 0.29) is 11.8 Å². The van der Waals surface area contributed by atoms with Gasteiger partial charge in [-0.25, -0.2) is 0 Å². The first-order valence-corrected chi connectivity index (χ1v) is 11.5. The number of benzene rings is 1. The molecule has 2 bridgehead atoms. The predicted molar refractivity (Wildman–Crippen MR) is 116 cm³/mol. The minimum absolute atomic E-state index is 0.132. The summed E-state index contributed by atoms with van der Waals surface area (Å²) in [6.45, 7) is 3.95. The maximum Gasteiger partial charge on any atom is 0.251 e. The predicted octanol–water partition coefficient (Wildman–Crippen LogP) is 2.51. The lowest BCUT2D eigenvalue weighted by molar-refractivity contribution is -0.140. The molecular weight excluding hydrogens is 378 g/mol. The summed E-state index contributed by atoms with van der Waals surface area (Å²) in [5.41, 5.74) is 7.28. The van der Waals surface area contributed by atoms with Gasteiger partial charge in [0.05, 0.1) is 0 Å². The minimum Gasteiger partial charge on any atom is -0.384 e. The van der Waals surface area contributed by atoms with E-state index in [1.807, 2.05) is 17.0 Å². The molecule has 2 heterocycles. The van der Waals surface area contributed by atoms with Crippen LogP contribution in [0, 0.1) is 5.92 Å². The van der Waals surface area contributed by atoms with Gasteiger partial charge in [0.15, 0.2) is 0 Å². The standard InChI is InChI=1S/C24H35N3O3/c1-16(28)24(30)26(15-17-4-2-5-17)10-11-27-21-8-9-22(27)14-20(13-21)18-6-3-7-19(12-18)23(25)29/h3,6-7,12,16-17,20-22,28H,2,4-5,8-11,13-15H2,1H3,(H2,25,29)/t16-,20?,21?,22?/m0/s1. The highest BCUT2D eigenvalue weighted by Gasteiger charge is 2.41. The van der Waals surface area contributed by atoms with Crippen LogP contribution in [0.2, 0.25) is 0 Å². The zero-order valence-electron chi connectivity index (χ0n) is 18.0. The van der Waals surface area contributed by atoms with E-state index in [1.54, 1.807) is 13.0 Å². The van der Waals surface area contributed by atoms with Crippen LogP contribution in [0.25, 0.3) is 0 Å². The Kier molecular flexibility index (Phi) is 6.44. The molecule has 2 unspecified atom stereocenters. The molecule has 30 heavy (non-hydrogen) atoms. The van der Waals surface area contributed by atoms with Crippen LogP contribution in [0.1, 0.15) is 73.7 Å². The molecule has 3 atom stereocenters. The Bertz CT molecular complexity index is 763. The molecule has 3 fully saturated rings. The molecule has 0 spiro atoms. The summed E-state index contributed by atoms with van der Waals surface area (Å²) in [5.74, 6) is 0.565. The van der Waals surface area contributed by atoms with Gasteiger partial charge >= 0.3 is 0 Å². The van der Waals surface area contributed by atoms with Crippen molar-refractivity contribution in [3.63, 3.8) is 0 Å². The number of carbonyl (C=O) groups excluding carboxylic acids is 2. The normalized spacial score (nSPS) is 27.5. The number of hydrogen-bond acceptors (Lipinski definition) is 4. The number of rotatable bonds is 8. The zero-order chi connectivity index (χ0) is 21.3. The first-order valence-electron chi connectivity index (χ1n) is 11.5. The van der Waals surface area contributed by atoms with Gasteiger partial charge in [-0.05, 0) is 75.0 Å². The molecular formula is C24H35N3O3. The zero-order valence-corrected chi connectivity index (χ0v) is 18.0. The fraction of sp³-hybridized carbons (Fsp3) is 0.667. The topological polar surface area (TPSA) is 86.9 Å². The van der Waals surface area contributed by atoms with Gasteiger partial charge in [-0.15, -0.1) is 0 Å². The number of hydrogen-bond donors (Lipinski definition) is 2. The van der Waals surface area contributed by atoms with E-state index >= 15 is 0 Å². The van der Waals surface area contributed by atoms with Gasteiger partial charge in [0.1, 0.15) is 6.10 Å². The van der Waals surface area contributed by atoms with Crippen LogP contribution in [-0.2, 0) is 4.79 Å². The summed E-state index contributed by atoms with van der Waals surface area (Å²) in [6.07, 6.45) is 7.31. The molecule has 0 aromatic heterocycles. The largest absolute Gasteiger partial charge is 0.384 e. The Morgan fingerprint density at radius 3 is 2.47 bits per heavy atom. The van der Waals surface area contributed by atoms with Crippen molar-refractivity contribution >= 4 is 11.8 Å². The number of aliphatic hydroxyl groups excluding tert-OH is 1. The van der Waals surface area contributed by atoms with Crippen molar-refractivity contribution in [3.05, 3.63) is 35.4 Å². The Morgan fingerprint density at radius 2 is 1.90 bits per heavy atom. The molecule has 0 radical (unpaired) electrons. The van der Waals surface area contributed by atoms with Crippen molar-refractivity contribution < 1.29 is 14.7 Å². The molecule has 3 N–H and O–H groups in total. The molecule has 2 amide bonds. The molecule has 1 saturated carbocycles. The summed E-state index contributed by atoms with van der Waals surface area (Å²) < 4.78 is 0. The fourth-order valence-electron chi connectivity index (χ4n) is 5.64. The summed E-state index contributed by atoms with van der Waals surface area (Å²) in [4.78, 5) is 28.6. The molecule has 3 aliphatic rings. The number of carbonyl (C=O) groups is 2. The number of fused-ring (bicyclic) bond motifs is 2. The molecule has 6 heteroatoms. The van der Waals surface area contributed by atoms with Crippen molar-refractivity contribution in [1.82, 2.24) is 9.80 Å². The third kappa shape index (κ3) is 4.54. The van der Waals surface area contributed by atoms with Gasteiger partial charge in [0, 0.05) is 37.3 Å². The van der Waals surface area contributed by atoms with Crippen LogP contribution in [0.5, 0.6) is 0 Å². The van der Waals surface area contributed by atoms with Gasteiger partial charge < -0.3 is 15.7 Å². The molecule has 1 aromatic carbocycles. The van der Waals surface area contributed by atoms with Gasteiger partial charge in [-0.2, -0.15) is 0 Å². The Balaban J connectivity index is 1.38. The summed E-state index contributed by atoms with van der Waals surface area (Å²) in [6, 6.07) is 8.85. The SMILES string of the molecule is C[C@H](O)C(=O)N(CCN1C2CCC1CC(c1cccc(C(N)=O)c1)C2)CC1CCC1. The quantitative estimate of drug-likeness (QED) is 0.686. The Labute approximate surface area is 179 Å². The second kappa shape index (κ2) is 9.06. The minimum atomic E-state index is -0.926. The van der Waals surface area contributed by atoms with Crippen molar-refractivity contribution in [2.75, 3.05) is 19.6 Å². The maximum absolute atomic E-state index is 12.5. The van der Waals surface area contributed by atoms with Crippen LogP contribution >= 0.6 is 0 Å². The van der Waals surface area contributed by atoms with E-state index < -0.39 is 6.10 Å². The summed E-state index contributed by atoms with van der Waals surface area (Å²) in [7, 11) is 0. The lowest BCUT2D eigenvalue weighted by atomic mass is 9.84. The highest BCUT2D eigenvalue weighted by Crippen LogP contribution is 2.43. The van der Waals surface area contributed by atoms with Gasteiger partial charge in [-0.1, -0.05) is 18.6 Å². The molecule has 6 nitrogen and oxygen atoms in total. The number of amides is 2. The molecule has 1 aliphatic carbocycles. The molecule has 4 rings (SSSR count). The van der Waals surface area contributed by atoms with Crippen molar-refractivity contribution in [2.24, 2.45) is 11.7 Å². The lowest BCUT2D eigenvalue weighted by Crippen LogP contribution is -2.49. The lowest BCUT2D eigenvalue weighted by Gasteiger charge is -2.41. The second-order valence-electron chi connectivity index (χ2n) is 9.54. The van der Waals surface area contributed by atoms with Gasteiger partial charge in [0.2, 0.25) is 5.91 Å². The summed E-state index contributed by atoms with van der Waals surface area (Å²) in [5, 5.41) is 9.83. The van der Waals surface area contributed by atoms with Crippen molar-refractivity contribution in [3.8, 4) is 0 Å². The first-order chi connectivity index (χ1) is 14.4. The number of piperidine rings is 1. The highest BCUT2D eigenvalue weighted by atomic mass is 16.3. The number of primary amides is 1. The van der Waals surface area contributed by atoms with E-state index in [0.29, 0.717) is 36.0 Å². The number of aliphatic hydroxyl groups is 1. The van der Waals surface area contributed by atoms with E-state index in [1.165, 1.54) is 37.7 Å². The van der Waals surface area contributed by atoms with E-state index in [0.717, 1.165) is 25.9 Å². The van der Waals surface area contributed by atoms with Gasteiger partial charge in [-0.3, -0.25) is 14.5 Å².